The predicted molar refractivity (Wildman–Crippen MR) is 61.3 cm³/mol. The first-order valence-corrected chi connectivity index (χ1v) is 4.84. The van der Waals surface area contributed by atoms with E-state index in [0.717, 1.165) is 10.9 Å². The maximum Gasteiger partial charge on any atom is 0.340 e. The zero-order valence-corrected chi connectivity index (χ0v) is 9.03. The lowest BCUT2D eigenvalue weighted by atomic mass is 10.1. The van der Waals surface area contributed by atoms with E-state index in [1.807, 2.05) is 19.1 Å². The molecule has 0 fully saturated rings. The van der Waals surface area contributed by atoms with Crippen LogP contribution in [0.5, 0.6) is 5.75 Å². The van der Waals surface area contributed by atoms with Gasteiger partial charge in [-0.1, -0.05) is 17.6 Å². The van der Waals surface area contributed by atoms with Crippen molar-refractivity contribution in [3.8, 4) is 17.8 Å². The van der Waals surface area contributed by atoms with Gasteiger partial charge in [-0.2, -0.15) is 0 Å². The highest BCUT2D eigenvalue weighted by Crippen LogP contribution is 2.24. The first-order valence-electron chi connectivity index (χ1n) is 4.84. The molecule has 1 heterocycles. The molecule has 0 aliphatic heterocycles. The quantitative estimate of drug-likeness (QED) is 0.540. The molecule has 0 aliphatic carbocycles. The average molecular weight is 214 g/mol. The topological polar surface area (TPSA) is 39.4 Å². The first-order chi connectivity index (χ1) is 7.70. The van der Waals surface area contributed by atoms with E-state index in [2.05, 4.69) is 12.0 Å². The lowest BCUT2D eigenvalue weighted by Crippen LogP contribution is -1.98. The number of hydrogen-bond donors (Lipinski definition) is 0. The lowest BCUT2D eigenvalue weighted by Gasteiger charge is -2.02. The van der Waals surface area contributed by atoms with Crippen molar-refractivity contribution in [3.05, 3.63) is 40.2 Å². The Balaban J connectivity index is 2.72. The fourth-order valence-corrected chi connectivity index (χ4v) is 1.44. The van der Waals surface area contributed by atoms with Gasteiger partial charge in [0.05, 0.1) is 11.5 Å². The average Bonchev–Trinajstić information content (AvgIpc) is 2.26. The molecule has 1 aromatic heterocycles. The maximum atomic E-state index is 11.3. The van der Waals surface area contributed by atoms with Crippen molar-refractivity contribution in [1.29, 1.82) is 0 Å². The van der Waals surface area contributed by atoms with Gasteiger partial charge in [0.15, 0.2) is 5.75 Å². The summed E-state index contributed by atoms with van der Waals surface area (Å²) >= 11 is 0. The summed E-state index contributed by atoms with van der Waals surface area (Å²) in [5.74, 6) is 3.04. The molecule has 3 heteroatoms. The van der Waals surface area contributed by atoms with Gasteiger partial charge < -0.3 is 9.15 Å². The summed E-state index contributed by atoms with van der Waals surface area (Å²) < 4.78 is 10.2. The molecule has 3 nitrogen and oxygen atoms in total. The number of benzene rings is 1. The number of aryl methyl sites for hydroxylation is 1. The molecule has 0 unspecified atom stereocenters. The molecule has 0 radical (unpaired) electrons. The number of ether oxygens (including phenoxy) is 1. The van der Waals surface area contributed by atoms with Crippen LogP contribution in [0.2, 0.25) is 0 Å². The first kappa shape index (κ1) is 10.3. The van der Waals surface area contributed by atoms with Gasteiger partial charge in [-0.05, 0) is 19.1 Å². The fraction of sp³-hybridized carbons (Fsp3) is 0.154. The molecular weight excluding hydrogens is 204 g/mol. The standard InChI is InChI=1S/C13H10O3/c1-3-6-15-12-8-13(14)16-11-5-4-9(2)7-10(11)12/h4-5,7-8H,1-2H3. The van der Waals surface area contributed by atoms with Crippen LogP contribution in [0, 0.1) is 19.0 Å². The molecule has 2 rings (SSSR count). The zero-order chi connectivity index (χ0) is 11.5. The summed E-state index contributed by atoms with van der Waals surface area (Å²) in [7, 11) is 0. The molecule has 0 saturated carbocycles. The molecule has 0 atom stereocenters. The minimum Gasteiger partial charge on any atom is -0.422 e. The second kappa shape index (κ2) is 4.11. The van der Waals surface area contributed by atoms with E-state index >= 15 is 0 Å². The third kappa shape index (κ3) is 1.91. The van der Waals surface area contributed by atoms with Crippen molar-refractivity contribution >= 4 is 11.0 Å². The van der Waals surface area contributed by atoms with Crippen LogP contribution in [0.1, 0.15) is 12.5 Å². The van der Waals surface area contributed by atoms with Crippen LogP contribution in [0.4, 0.5) is 0 Å². The molecule has 0 amide bonds. The van der Waals surface area contributed by atoms with Crippen LogP contribution >= 0.6 is 0 Å². The summed E-state index contributed by atoms with van der Waals surface area (Å²) in [6, 6.07) is 6.82. The zero-order valence-electron chi connectivity index (χ0n) is 9.03. The Labute approximate surface area is 92.7 Å². The van der Waals surface area contributed by atoms with Crippen LogP contribution in [0.15, 0.2) is 33.5 Å². The molecule has 0 bridgehead atoms. The summed E-state index contributed by atoms with van der Waals surface area (Å²) in [6.07, 6.45) is 2.47. The van der Waals surface area contributed by atoms with Gasteiger partial charge in [-0.25, -0.2) is 4.79 Å². The Morgan fingerprint density at radius 1 is 1.31 bits per heavy atom. The van der Waals surface area contributed by atoms with Gasteiger partial charge in [-0.3, -0.25) is 0 Å². The lowest BCUT2D eigenvalue weighted by molar-refractivity contribution is 0.503. The Morgan fingerprint density at radius 3 is 2.88 bits per heavy atom. The van der Waals surface area contributed by atoms with Crippen molar-refractivity contribution in [1.82, 2.24) is 0 Å². The highest BCUT2D eigenvalue weighted by atomic mass is 16.5. The van der Waals surface area contributed by atoms with Crippen molar-refractivity contribution in [2.24, 2.45) is 0 Å². The molecular formula is C13H10O3. The van der Waals surface area contributed by atoms with E-state index in [9.17, 15) is 4.79 Å². The number of fused-ring (bicyclic) bond motifs is 1. The highest BCUT2D eigenvalue weighted by molar-refractivity contribution is 5.83. The smallest absolute Gasteiger partial charge is 0.340 e. The third-order valence-electron chi connectivity index (χ3n) is 2.12. The van der Waals surface area contributed by atoms with Gasteiger partial charge in [0.25, 0.3) is 0 Å². The predicted octanol–water partition coefficient (Wildman–Crippen LogP) is 2.46. The Bertz CT molecular complexity index is 642. The molecule has 0 aliphatic rings. The maximum absolute atomic E-state index is 11.3. The Morgan fingerprint density at radius 2 is 2.12 bits per heavy atom. The molecule has 2 aromatic rings. The van der Waals surface area contributed by atoms with Crippen LogP contribution in [-0.2, 0) is 0 Å². The molecule has 0 N–H and O–H groups in total. The Hall–Kier alpha value is -2.21. The molecule has 1 aromatic carbocycles. The van der Waals surface area contributed by atoms with Crippen LogP contribution in [0.3, 0.4) is 0 Å². The van der Waals surface area contributed by atoms with Gasteiger partial charge in [-0.15, -0.1) is 0 Å². The summed E-state index contributed by atoms with van der Waals surface area (Å²) in [5, 5.41) is 0.752. The van der Waals surface area contributed by atoms with Gasteiger partial charge in [0.1, 0.15) is 11.7 Å². The monoisotopic (exact) mass is 214 g/mol. The molecule has 0 saturated heterocycles. The summed E-state index contributed by atoms with van der Waals surface area (Å²) in [4.78, 5) is 11.3. The van der Waals surface area contributed by atoms with E-state index in [1.54, 1.807) is 13.0 Å². The van der Waals surface area contributed by atoms with E-state index in [1.165, 1.54) is 6.07 Å². The second-order valence-corrected chi connectivity index (χ2v) is 3.38. The number of hydrogen-bond acceptors (Lipinski definition) is 3. The molecule has 0 spiro atoms. The van der Waals surface area contributed by atoms with Gasteiger partial charge in [0.2, 0.25) is 0 Å². The summed E-state index contributed by atoms with van der Waals surface area (Å²) in [6.45, 7) is 3.62. The van der Waals surface area contributed by atoms with Crippen molar-refractivity contribution in [2.75, 3.05) is 0 Å². The van der Waals surface area contributed by atoms with Crippen LogP contribution < -0.4 is 10.4 Å². The van der Waals surface area contributed by atoms with E-state index < -0.39 is 5.63 Å². The Kier molecular flexibility index (Phi) is 2.65. The second-order valence-electron chi connectivity index (χ2n) is 3.38. The fourth-order valence-electron chi connectivity index (χ4n) is 1.44. The normalized spacial score (nSPS) is 9.62. The third-order valence-corrected chi connectivity index (χ3v) is 2.12. The largest absolute Gasteiger partial charge is 0.422 e. The van der Waals surface area contributed by atoms with Crippen LogP contribution in [-0.4, -0.2) is 0 Å². The minimum absolute atomic E-state index is 0.435. The van der Waals surface area contributed by atoms with E-state index in [-0.39, 0.29) is 0 Å². The van der Waals surface area contributed by atoms with Crippen molar-refractivity contribution < 1.29 is 9.15 Å². The number of rotatable bonds is 1. The minimum atomic E-state index is -0.441. The van der Waals surface area contributed by atoms with Gasteiger partial charge >= 0.3 is 5.63 Å². The SMILES string of the molecule is CC#COc1cc(=O)oc2ccc(C)cc12. The van der Waals surface area contributed by atoms with E-state index in [4.69, 9.17) is 9.15 Å². The van der Waals surface area contributed by atoms with E-state index in [0.29, 0.717) is 11.3 Å². The van der Waals surface area contributed by atoms with Crippen molar-refractivity contribution in [2.45, 2.75) is 13.8 Å². The molecule has 16 heavy (non-hydrogen) atoms. The summed E-state index contributed by atoms with van der Waals surface area (Å²) in [5.41, 5.74) is 1.13. The highest BCUT2D eigenvalue weighted by Gasteiger charge is 2.06. The molecule has 80 valence electrons. The van der Waals surface area contributed by atoms with Crippen LogP contribution in [0.25, 0.3) is 11.0 Å². The van der Waals surface area contributed by atoms with Gasteiger partial charge in [0, 0.05) is 6.92 Å². The van der Waals surface area contributed by atoms with Crippen molar-refractivity contribution in [3.63, 3.8) is 0 Å².